The molecule has 78 valence electrons. The Hall–Kier alpha value is -0.570. The lowest BCUT2D eigenvalue weighted by atomic mass is 10.1. The van der Waals surface area contributed by atoms with Crippen molar-refractivity contribution in [2.75, 3.05) is 14.1 Å². The second kappa shape index (κ2) is 5.97. The zero-order valence-corrected chi connectivity index (χ0v) is 9.42. The molecular weight excluding hydrogens is 164 g/mol. The predicted molar refractivity (Wildman–Crippen MR) is 55.7 cm³/mol. The first kappa shape index (κ1) is 12.4. The van der Waals surface area contributed by atoms with Gasteiger partial charge in [-0.3, -0.25) is 4.79 Å². The van der Waals surface area contributed by atoms with Gasteiger partial charge in [0.05, 0.1) is 6.04 Å². The minimum Gasteiger partial charge on any atom is -0.341 e. The van der Waals surface area contributed by atoms with Gasteiger partial charge in [-0.2, -0.15) is 0 Å². The highest BCUT2D eigenvalue weighted by Crippen LogP contribution is 2.07. The van der Waals surface area contributed by atoms with Crippen LogP contribution in [0, 0.1) is 0 Å². The largest absolute Gasteiger partial charge is 0.341 e. The fraction of sp³-hybridized carbons (Fsp3) is 0.900. The van der Waals surface area contributed by atoms with E-state index in [4.69, 9.17) is 0 Å². The van der Waals surface area contributed by atoms with E-state index in [1.54, 1.807) is 0 Å². The first-order valence-electron chi connectivity index (χ1n) is 5.02. The smallest absolute Gasteiger partial charge is 0.239 e. The molecule has 0 aliphatic carbocycles. The van der Waals surface area contributed by atoms with Crippen LogP contribution < -0.4 is 5.32 Å². The molecule has 0 fully saturated rings. The molecular formula is C10H22N2O. The summed E-state index contributed by atoms with van der Waals surface area (Å²) in [5.74, 6) is 0.177. The Kier molecular flexibility index (Phi) is 5.71. The summed E-state index contributed by atoms with van der Waals surface area (Å²) >= 11 is 0. The van der Waals surface area contributed by atoms with Crippen LogP contribution in [-0.4, -0.2) is 37.0 Å². The van der Waals surface area contributed by atoms with E-state index in [1.165, 1.54) is 0 Å². The number of amides is 1. The van der Waals surface area contributed by atoms with Gasteiger partial charge >= 0.3 is 0 Å². The van der Waals surface area contributed by atoms with E-state index in [1.807, 2.05) is 25.9 Å². The quantitative estimate of drug-likeness (QED) is 0.700. The van der Waals surface area contributed by atoms with Crippen molar-refractivity contribution in [3.8, 4) is 0 Å². The van der Waals surface area contributed by atoms with Gasteiger partial charge < -0.3 is 10.2 Å². The molecule has 0 heterocycles. The molecule has 0 aromatic heterocycles. The summed E-state index contributed by atoms with van der Waals surface area (Å²) in [5, 5.41) is 2.96. The van der Waals surface area contributed by atoms with E-state index in [2.05, 4.69) is 19.2 Å². The standard InChI is InChI=1S/C10H22N2O/c1-6-9(7-2)12(5)10(13)8(3)11-4/h8-9,11H,6-7H2,1-5H3. The summed E-state index contributed by atoms with van der Waals surface area (Å²) in [6.07, 6.45) is 2.05. The molecule has 1 N–H and O–H groups in total. The summed E-state index contributed by atoms with van der Waals surface area (Å²) in [6, 6.07) is 0.300. The summed E-state index contributed by atoms with van der Waals surface area (Å²) in [4.78, 5) is 13.5. The summed E-state index contributed by atoms with van der Waals surface area (Å²) < 4.78 is 0. The Morgan fingerprint density at radius 3 is 2.15 bits per heavy atom. The first-order chi connectivity index (χ1) is 6.08. The fourth-order valence-electron chi connectivity index (χ4n) is 1.45. The summed E-state index contributed by atoms with van der Waals surface area (Å²) in [7, 11) is 3.69. The number of hydrogen-bond donors (Lipinski definition) is 1. The van der Waals surface area contributed by atoms with E-state index < -0.39 is 0 Å². The van der Waals surface area contributed by atoms with Crippen LogP contribution in [0.15, 0.2) is 0 Å². The average Bonchev–Trinajstić information content (AvgIpc) is 2.17. The third-order valence-electron chi connectivity index (χ3n) is 2.64. The van der Waals surface area contributed by atoms with E-state index in [0.717, 1.165) is 12.8 Å². The highest BCUT2D eigenvalue weighted by atomic mass is 16.2. The molecule has 0 saturated carbocycles. The maximum atomic E-state index is 11.7. The Bertz CT molecular complexity index is 155. The topological polar surface area (TPSA) is 32.3 Å². The Labute approximate surface area is 81.5 Å². The van der Waals surface area contributed by atoms with Crippen LogP contribution in [0.2, 0.25) is 0 Å². The van der Waals surface area contributed by atoms with Crippen LogP contribution >= 0.6 is 0 Å². The number of likely N-dealkylation sites (N-methyl/N-ethyl adjacent to an activating group) is 2. The van der Waals surface area contributed by atoms with Crippen molar-refractivity contribution in [2.24, 2.45) is 0 Å². The van der Waals surface area contributed by atoms with Crippen LogP contribution in [0.25, 0.3) is 0 Å². The van der Waals surface area contributed by atoms with Gasteiger partial charge in [0.15, 0.2) is 0 Å². The molecule has 1 unspecified atom stereocenters. The summed E-state index contributed by atoms with van der Waals surface area (Å²) in [5.41, 5.74) is 0. The summed E-state index contributed by atoms with van der Waals surface area (Å²) in [6.45, 7) is 6.12. The van der Waals surface area contributed by atoms with E-state index in [-0.39, 0.29) is 11.9 Å². The number of carbonyl (C=O) groups excluding carboxylic acids is 1. The molecule has 3 heteroatoms. The lowest BCUT2D eigenvalue weighted by Crippen LogP contribution is -2.45. The molecule has 0 aromatic rings. The zero-order chi connectivity index (χ0) is 10.4. The number of nitrogens with zero attached hydrogens (tertiary/aromatic N) is 1. The normalized spacial score (nSPS) is 13.1. The molecule has 0 bridgehead atoms. The second-order valence-electron chi connectivity index (χ2n) is 3.43. The van der Waals surface area contributed by atoms with Crippen molar-refractivity contribution in [3.05, 3.63) is 0 Å². The third kappa shape index (κ3) is 3.35. The molecule has 0 aliphatic rings. The molecule has 0 spiro atoms. The molecule has 0 aliphatic heterocycles. The third-order valence-corrected chi connectivity index (χ3v) is 2.64. The first-order valence-corrected chi connectivity index (χ1v) is 5.02. The van der Waals surface area contributed by atoms with Gasteiger partial charge in [-0.25, -0.2) is 0 Å². The van der Waals surface area contributed by atoms with Gasteiger partial charge in [0.25, 0.3) is 0 Å². The fourth-order valence-corrected chi connectivity index (χ4v) is 1.45. The van der Waals surface area contributed by atoms with Crippen LogP contribution in [0.4, 0.5) is 0 Å². The Morgan fingerprint density at radius 1 is 1.38 bits per heavy atom. The number of hydrogen-bond acceptors (Lipinski definition) is 2. The van der Waals surface area contributed by atoms with E-state index >= 15 is 0 Å². The van der Waals surface area contributed by atoms with Crippen LogP contribution in [0.5, 0.6) is 0 Å². The zero-order valence-electron chi connectivity index (χ0n) is 9.42. The molecule has 3 nitrogen and oxygen atoms in total. The lowest BCUT2D eigenvalue weighted by molar-refractivity contribution is -0.133. The number of carbonyl (C=O) groups is 1. The molecule has 0 aromatic carbocycles. The number of rotatable bonds is 5. The average molecular weight is 186 g/mol. The van der Waals surface area contributed by atoms with Crippen molar-refractivity contribution >= 4 is 5.91 Å². The molecule has 0 radical (unpaired) electrons. The van der Waals surface area contributed by atoms with Crippen LogP contribution in [-0.2, 0) is 4.79 Å². The van der Waals surface area contributed by atoms with Crippen LogP contribution in [0.3, 0.4) is 0 Å². The second-order valence-corrected chi connectivity index (χ2v) is 3.43. The minimum atomic E-state index is -0.0781. The van der Waals surface area contributed by atoms with Gasteiger partial charge in [0, 0.05) is 13.1 Å². The Balaban J connectivity index is 4.22. The van der Waals surface area contributed by atoms with Crippen molar-refractivity contribution < 1.29 is 4.79 Å². The van der Waals surface area contributed by atoms with Gasteiger partial charge in [-0.1, -0.05) is 13.8 Å². The Morgan fingerprint density at radius 2 is 1.85 bits per heavy atom. The molecule has 0 saturated heterocycles. The van der Waals surface area contributed by atoms with E-state index in [0.29, 0.717) is 6.04 Å². The highest BCUT2D eigenvalue weighted by molar-refractivity contribution is 5.81. The van der Waals surface area contributed by atoms with Gasteiger partial charge in [-0.15, -0.1) is 0 Å². The lowest BCUT2D eigenvalue weighted by Gasteiger charge is -2.28. The van der Waals surface area contributed by atoms with Crippen molar-refractivity contribution in [1.29, 1.82) is 0 Å². The monoisotopic (exact) mass is 186 g/mol. The van der Waals surface area contributed by atoms with Gasteiger partial charge in [-0.05, 0) is 26.8 Å². The highest BCUT2D eigenvalue weighted by Gasteiger charge is 2.20. The van der Waals surface area contributed by atoms with Gasteiger partial charge in [0.2, 0.25) is 5.91 Å². The molecule has 13 heavy (non-hydrogen) atoms. The maximum Gasteiger partial charge on any atom is 0.239 e. The molecule has 0 rings (SSSR count). The SMILES string of the molecule is CCC(CC)N(C)C(=O)C(C)NC. The van der Waals surface area contributed by atoms with Crippen LogP contribution in [0.1, 0.15) is 33.6 Å². The van der Waals surface area contributed by atoms with E-state index in [9.17, 15) is 4.79 Å². The number of nitrogens with one attached hydrogen (secondary N) is 1. The van der Waals surface area contributed by atoms with Crippen molar-refractivity contribution in [1.82, 2.24) is 10.2 Å². The van der Waals surface area contributed by atoms with Crippen molar-refractivity contribution in [3.63, 3.8) is 0 Å². The van der Waals surface area contributed by atoms with Gasteiger partial charge in [0.1, 0.15) is 0 Å². The predicted octanol–water partition coefficient (Wildman–Crippen LogP) is 1.24. The molecule has 1 amide bonds. The molecule has 1 atom stereocenters. The van der Waals surface area contributed by atoms with Crippen molar-refractivity contribution in [2.45, 2.75) is 45.7 Å². The minimum absolute atomic E-state index is 0.0781. The maximum absolute atomic E-state index is 11.7.